The van der Waals surface area contributed by atoms with Crippen LogP contribution in [0.25, 0.3) is 0 Å². The summed E-state index contributed by atoms with van der Waals surface area (Å²) in [5, 5.41) is 3.25. The summed E-state index contributed by atoms with van der Waals surface area (Å²) >= 11 is 0. The number of nitrogens with zero attached hydrogens (tertiary/aromatic N) is 3. The first kappa shape index (κ1) is 16.8. The van der Waals surface area contributed by atoms with Gasteiger partial charge in [0, 0.05) is 32.7 Å². The van der Waals surface area contributed by atoms with Crippen LogP contribution in [-0.2, 0) is 0 Å². The van der Waals surface area contributed by atoms with Crippen LogP contribution in [0.4, 0.5) is 0 Å². The first-order valence-electron chi connectivity index (χ1n) is 8.25. The van der Waals surface area contributed by atoms with E-state index < -0.39 is 0 Å². The molecule has 5 nitrogen and oxygen atoms in total. The van der Waals surface area contributed by atoms with Crippen LogP contribution >= 0.6 is 0 Å². The van der Waals surface area contributed by atoms with Gasteiger partial charge in [-0.2, -0.15) is 0 Å². The van der Waals surface area contributed by atoms with Crippen molar-refractivity contribution in [1.82, 2.24) is 15.1 Å². The number of hydrogen-bond donors (Lipinski definition) is 2. The van der Waals surface area contributed by atoms with Crippen molar-refractivity contribution >= 4 is 5.96 Å². The molecule has 5 heteroatoms. The maximum absolute atomic E-state index is 5.98. The Morgan fingerprint density at radius 2 is 1.82 bits per heavy atom. The average molecular weight is 303 g/mol. The molecular weight excluding hydrogens is 274 g/mol. The molecule has 3 N–H and O–H groups in total. The lowest BCUT2D eigenvalue weighted by molar-refractivity contribution is 0.140. The van der Waals surface area contributed by atoms with Crippen LogP contribution in [0.3, 0.4) is 0 Å². The lowest BCUT2D eigenvalue weighted by Crippen LogP contribution is -2.47. The molecule has 0 spiro atoms. The van der Waals surface area contributed by atoms with Crippen molar-refractivity contribution in [1.29, 1.82) is 0 Å². The van der Waals surface area contributed by atoms with Gasteiger partial charge in [-0.3, -0.25) is 9.89 Å². The molecule has 0 aliphatic carbocycles. The number of piperazine rings is 1. The van der Waals surface area contributed by atoms with Crippen LogP contribution < -0.4 is 11.1 Å². The molecule has 1 aromatic carbocycles. The monoisotopic (exact) mass is 303 g/mol. The molecule has 22 heavy (non-hydrogen) atoms. The van der Waals surface area contributed by atoms with Crippen LogP contribution in [0.2, 0.25) is 0 Å². The van der Waals surface area contributed by atoms with Gasteiger partial charge in [-0.15, -0.1) is 0 Å². The van der Waals surface area contributed by atoms with Crippen molar-refractivity contribution < 1.29 is 0 Å². The minimum Gasteiger partial charge on any atom is -0.370 e. The molecule has 0 radical (unpaired) electrons. The van der Waals surface area contributed by atoms with E-state index in [0.29, 0.717) is 5.96 Å². The Balaban J connectivity index is 1.69. The highest BCUT2D eigenvalue weighted by molar-refractivity contribution is 5.78. The van der Waals surface area contributed by atoms with Crippen molar-refractivity contribution in [3.05, 3.63) is 35.9 Å². The lowest BCUT2D eigenvalue weighted by atomic mass is 10.1. The Morgan fingerprint density at radius 1 is 1.18 bits per heavy atom. The quantitative estimate of drug-likeness (QED) is 0.614. The number of hydrogen-bond acceptors (Lipinski definition) is 3. The van der Waals surface area contributed by atoms with Crippen molar-refractivity contribution in [3.8, 4) is 0 Å². The summed E-state index contributed by atoms with van der Waals surface area (Å²) in [4.78, 5) is 9.40. The van der Waals surface area contributed by atoms with E-state index in [1.807, 2.05) is 18.2 Å². The van der Waals surface area contributed by atoms with Gasteiger partial charge in [0.25, 0.3) is 0 Å². The fourth-order valence-electron chi connectivity index (χ4n) is 2.73. The SMILES string of the molecule is CCN1CCN(CCN=C(N)N[C@@H](C)c2ccccc2)CC1. The molecule has 1 atom stereocenters. The van der Waals surface area contributed by atoms with Crippen LogP contribution in [-0.4, -0.2) is 61.6 Å². The predicted octanol–water partition coefficient (Wildman–Crippen LogP) is 1.29. The highest BCUT2D eigenvalue weighted by atomic mass is 15.3. The Bertz CT molecular complexity index is 451. The second-order valence-corrected chi connectivity index (χ2v) is 5.82. The number of nitrogens with one attached hydrogen (secondary N) is 1. The molecule has 1 heterocycles. The Kier molecular flexibility index (Phi) is 6.68. The molecule has 1 aliphatic rings. The van der Waals surface area contributed by atoms with E-state index in [0.717, 1.165) is 32.7 Å². The molecule has 0 unspecified atom stereocenters. The zero-order chi connectivity index (χ0) is 15.8. The first-order chi connectivity index (χ1) is 10.7. The summed E-state index contributed by atoms with van der Waals surface area (Å²) in [7, 11) is 0. The molecule has 1 saturated heterocycles. The molecule has 0 amide bonds. The van der Waals surface area contributed by atoms with Gasteiger partial charge in [0.15, 0.2) is 5.96 Å². The maximum atomic E-state index is 5.98. The summed E-state index contributed by atoms with van der Waals surface area (Å²) < 4.78 is 0. The van der Waals surface area contributed by atoms with E-state index in [4.69, 9.17) is 5.73 Å². The van der Waals surface area contributed by atoms with Crippen LogP contribution in [0.1, 0.15) is 25.5 Å². The zero-order valence-electron chi connectivity index (χ0n) is 13.8. The van der Waals surface area contributed by atoms with Gasteiger partial charge < -0.3 is 16.0 Å². The summed E-state index contributed by atoms with van der Waals surface area (Å²) in [6.07, 6.45) is 0. The second kappa shape index (κ2) is 8.76. The molecule has 1 fully saturated rings. The minimum absolute atomic E-state index is 0.179. The molecule has 0 saturated carbocycles. The number of benzene rings is 1. The van der Waals surface area contributed by atoms with Crippen molar-refractivity contribution in [3.63, 3.8) is 0 Å². The van der Waals surface area contributed by atoms with Gasteiger partial charge in [0.2, 0.25) is 0 Å². The normalized spacial score (nSPS) is 19.1. The van der Waals surface area contributed by atoms with E-state index in [9.17, 15) is 0 Å². The first-order valence-corrected chi connectivity index (χ1v) is 8.25. The fourth-order valence-corrected chi connectivity index (χ4v) is 2.73. The van der Waals surface area contributed by atoms with Gasteiger partial charge >= 0.3 is 0 Å². The third-order valence-electron chi connectivity index (χ3n) is 4.27. The molecule has 0 aromatic heterocycles. The van der Waals surface area contributed by atoms with E-state index in [-0.39, 0.29) is 6.04 Å². The number of guanidine groups is 1. The summed E-state index contributed by atoms with van der Waals surface area (Å²) in [5.41, 5.74) is 7.20. The molecular formula is C17H29N5. The Labute approximate surface area is 134 Å². The van der Waals surface area contributed by atoms with E-state index in [1.54, 1.807) is 0 Å². The average Bonchev–Trinajstić information content (AvgIpc) is 2.56. The highest BCUT2D eigenvalue weighted by Gasteiger charge is 2.14. The van der Waals surface area contributed by atoms with E-state index >= 15 is 0 Å². The summed E-state index contributed by atoms with van der Waals surface area (Å²) in [6.45, 7) is 11.8. The highest BCUT2D eigenvalue weighted by Crippen LogP contribution is 2.10. The summed E-state index contributed by atoms with van der Waals surface area (Å²) in [6, 6.07) is 10.5. The molecule has 1 aliphatic heterocycles. The summed E-state index contributed by atoms with van der Waals surface area (Å²) in [5.74, 6) is 0.531. The van der Waals surface area contributed by atoms with Crippen molar-refractivity contribution in [2.24, 2.45) is 10.7 Å². The van der Waals surface area contributed by atoms with Crippen molar-refractivity contribution in [2.75, 3.05) is 45.8 Å². The van der Waals surface area contributed by atoms with Crippen LogP contribution in [0.15, 0.2) is 35.3 Å². The van der Waals surface area contributed by atoms with Crippen LogP contribution in [0, 0.1) is 0 Å². The minimum atomic E-state index is 0.179. The van der Waals surface area contributed by atoms with Gasteiger partial charge in [-0.25, -0.2) is 0 Å². The largest absolute Gasteiger partial charge is 0.370 e. The van der Waals surface area contributed by atoms with E-state index in [1.165, 1.54) is 18.7 Å². The predicted molar refractivity (Wildman–Crippen MR) is 93.0 cm³/mol. The number of nitrogens with two attached hydrogens (primary N) is 1. The number of likely N-dealkylation sites (N-methyl/N-ethyl adjacent to an activating group) is 1. The molecule has 0 bridgehead atoms. The van der Waals surface area contributed by atoms with Gasteiger partial charge in [-0.05, 0) is 19.0 Å². The Morgan fingerprint density at radius 3 is 2.45 bits per heavy atom. The lowest BCUT2D eigenvalue weighted by Gasteiger charge is -2.33. The molecule has 122 valence electrons. The number of rotatable bonds is 6. The van der Waals surface area contributed by atoms with E-state index in [2.05, 4.69) is 46.1 Å². The standard InChI is InChI=1S/C17H29N5/c1-3-21-11-13-22(14-12-21)10-9-19-17(18)20-15(2)16-7-5-4-6-8-16/h4-8,15H,3,9-14H2,1-2H3,(H3,18,19,20)/t15-/m0/s1. The smallest absolute Gasteiger partial charge is 0.189 e. The maximum Gasteiger partial charge on any atom is 0.189 e. The third kappa shape index (κ3) is 5.31. The van der Waals surface area contributed by atoms with Crippen molar-refractivity contribution in [2.45, 2.75) is 19.9 Å². The number of aliphatic imine (C=N–C) groups is 1. The van der Waals surface area contributed by atoms with Crippen LogP contribution in [0.5, 0.6) is 0 Å². The second-order valence-electron chi connectivity index (χ2n) is 5.82. The molecule has 2 rings (SSSR count). The zero-order valence-corrected chi connectivity index (χ0v) is 13.8. The van der Waals surface area contributed by atoms with Gasteiger partial charge in [0.05, 0.1) is 12.6 Å². The van der Waals surface area contributed by atoms with Gasteiger partial charge in [0.1, 0.15) is 0 Å². The third-order valence-corrected chi connectivity index (χ3v) is 4.27. The molecule has 1 aromatic rings. The Hall–Kier alpha value is -1.59. The fraction of sp³-hybridized carbons (Fsp3) is 0.588. The van der Waals surface area contributed by atoms with Gasteiger partial charge in [-0.1, -0.05) is 37.3 Å². The topological polar surface area (TPSA) is 56.9 Å².